The van der Waals surface area contributed by atoms with Gasteiger partial charge < -0.3 is 14.8 Å². The molecule has 0 bridgehead atoms. The first kappa shape index (κ1) is 22.4. The lowest BCUT2D eigenvalue weighted by atomic mass is 10.2. The Morgan fingerprint density at radius 3 is 2.90 bits per heavy atom. The number of aromatic nitrogens is 2. The molecule has 10 heteroatoms. The van der Waals surface area contributed by atoms with Gasteiger partial charge in [0.25, 0.3) is 11.5 Å². The smallest absolute Gasteiger partial charge is 0.267 e. The van der Waals surface area contributed by atoms with Crippen LogP contribution in [-0.2, 0) is 14.3 Å². The van der Waals surface area contributed by atoms with Crippen molar-refractivity contribution in [2.45, 2.75) is 13.3 Å². The lowest BCUT2D eigenvalue weighted by Crippen LogP contribution is -2.31. The summed E-state index contributed by atoms with van der Waals surface area (Å²) in [5.74, 6) is 0.201. The molecule has 2 aromatic rings. The Morgan fingerprint density at radius 1 is 1.30 bits per heavy atom. The lowest BCUT2D eigenvalue weighted by Gasteiger charge is -2.13. The van der Waals surface area contributed by atoms with Gasteiger partial charge in [-0.1, -0.05) is 30.0 Å². The number of nitrogens with zero attached hydrogens (tertiary/aromatic N) is 3. The summed E-state index contributed by atoms with van der Waals surface area (Å²) in [5.41, 5.74) is 0.594. The molecule has 0 saturated carbocycles. The van der Waals surface area contributed by atoms with E-state index in [1.165, 1.54) is 21.1 Å². The Bertz CT molecular complexity index is 1020. The van der Waals surface area contributed by atoms with Gasteiger partial charge in [-0.2, -0.15) is 0 Å². The quantitative estimate of drug-likeness (QED) is 0.337. The second kappa shape index (κ2) is 10.7. The van der Waals surface area contributed by atoms with Crippen molar-refractivity contribution < 1.29 is 14.3 Å². The minimum absolute atomic E-state index is 0.234. The van der Waals surface area contributed by atoms with E-state index in [0.717, 1.165) is 6.42 Å². The van der Waals surface area contributed by atoms with E-state index in [9.17, 15) is 9.59 Å². The summed E-state index contributed by atoms with van der Waals surface area (Å²) in [7, 11) is 1.57. The number of ether oxygens (including phenoxy) is 2. The Hall–Kier alpha value is -2.27. The highest BCUT2D eigenvalue weighted by atomic mass is 32.2. The van der Waals surface area contributed by atoms with Gasteiger partial charge in [-0.05, 0) is 31.6 Å². The van der Waals surface area contributed by atoms with Crippen molar-refractivity contribution in [1.82, 2.24) is 14.3 Å². The molecular formula is C20H24N4O4S2. The number of anilines is 1. The monoisotopic (exact) mass is 448 g/mol. The topological polar surface area (TPSA) is 85.2 Å². The molecule has 1 N–H and O–H groups in total. The van der Waals surface area contributed by atoms with Crippen LogP contribution in [0.15, 0.2) is 34.1 Å². The highest BCUT2D eigenvalue weighted by Crippen LogP contribution is 2.32. The Balaban J connectivity index is 1.95. The van der Waals surface area contributed by atoms with Crippen molar-refractivity contribution in [3.8, 4) is 0 Å². The first-order chi connectivity index (χ1) is 14.6. The van der Waals surface area contributed by atoms with Gasteiger partial charge in [-0.25, -0.2) is 4.98 Å². The second-order valence-electron chi connectivity index (χ2n) is 6.41. The van der Waals surface area contributed by atoms with E-state index in [1.807, 2.05) is 13.0 Å². The number of thiocarbonyl (C=S) groups is 1. The fourth-order valence-corrected chi connectivity index (χ4v) is 4.19. The van der Waals surface area contributed by atoms with Crippen molar-refractivity contribution >= 4 is 51.7 Å². The molecule has 30 heavy (non-hydrogen) atoms. The number of pyridine rings is 1. The van der Waals surface area contributed by atoms with Gasteiger partial charge in [0.15, 0.2) is 0 Å². The summed E-state index contributed by atoms with van der Waals surface area (Å²) < 4.78 is 12.3. The summed E-state index contributed by atoms with van der Waals surface area (Å²) in [4.78, 5) is 32.4. The summed E-state index contributed by atoms with van der Waals surface area (Å²) in [6.07, 6.45) is 4.00. The molecule has 8 nitrogen and oxygen atoms in total. The number of hydrogen-bond donors (Lipinski definition) is 1. The molecule has 0 radical (unpaired) electrons. The molecule has 0 unspecified atom stereocenters. The Morgan fingerprint density at radius 2 is 2.13 bits per heavy atom. The number of hydrogen-bond acceptors (Lipinski definition) is 8. The molecule has 1 aliphatic heterocycles. The minimum Gasteiger partial charge on any atom is -0.383 e. The largest absolute Gasteiger partial charge is 0.383 e. The van der Waals surface area contributed by atoms with Crippen molar-refractivity contribution in [2.24, 2.45) is 0 Å². The zero-order chi connectivity index (χ0) is 21.5. The summed E-state index contributed by atoms with van der Waals surface area (Å²) >= 11 is 6.50. The van der Waals surface area contributed by atoms with E-state index in [1.54, 1.807) is 31.5 Å². The lowest BCUT2D eigenvalue weighted by molar-refractivity contribution is -0.122. The van der Waals surface area contributed by atoms with E-state index in [-0.39, 0.29) is 11.5 Å². The Kier molecular flexibility index (Phi) is 7.97. The van der Waals surface area contributed by atoms with Crippen molar-refractivity contribution in [3.63, 3.8) is 0 Å². The van der Waals surface area contributed by atoms with E-state index in [2.05, 4.69) is 10.3 Å². The van der Waals surface area contributed by atoms with Gasteiger partial charge in [0.1, 0.15) is 15.8 Å². The number of nitrogens with one attached hydrogen (secondary N) is 1. The molecule has 1 saturated heterocycles. The molecule has 0 aromatic carbocycles. The number of methoxy groups -OCH3 is 1. The third-order valence-corrected chi connectivity index (χ3v) is 5.78. The molecule has 0 spiro atoms. The van der Waals surface area contributed by atoms with Crippen molar-refractivity contribution in [1.29, 1.82) is 0 Å². The van der Waals surface area contributed by atoms with E-state index in [4.69, 9.17) is 21.7 Å². The predicted molar refractivity (Wildman–Crippen MR) is 123 cm³/mol. The van der Waals surface area contributed by atoms with Gasteiger partial charge in [-0.3, -0.25) is 18.9 Å². The van der Waals surface area contributed by atoms with E-state index < -0.39 is 0 Å². The average Bonchev–Trinajstić information content (AvgIpc) is 3.01. The van der Waals surface area contributed by atoms with Crippen molar-refractivity contribution in [2.75, 3.05) is 45.3 Å². The zero-order valence-electron chi connectivity index (χ0n) is 16.9. The van der Waals surface area contributed by atoms with Gasteiger partial charge in [0, 0.05) is 33.1 Å². The number of fused-ring (bicyclic) bond motifs is 1. The zero-order valence-corrected chi connectivity index (χ0v) is 18.6. The first-order valence-electron chi connectivity index (χ1n) is 9.64. The van der Waals surface area contributed by atoms with Gasteiger partial charge >= 0.3 is 0 Å². The normalized spacial score (nSPS) is 15.5. The molecule has 2 aromatic heterocycles. The van der Waals surface area contributed by atoms with Crippen LogP contribution in [0.25, 0.3) is 11.7 Å². The SMILES string of the molecule is CCOCCCNc1nc2ccccn2c(=O)c1/C=C1\SC(=S)N(CCOC)C1=O. The molecule has 0 aliphatic carbocycles. The predicted octanol–water partition coefficient (Wildman–Crippen LogP) is 2.38. The first-order valence-corrected chi connectivity index (χ1v) is 10.9. The fraction of sp³-hybridized carbons (Fsp3) is 0.400. The summed E-state index contributed by atoms with van der Waals surface area (Å²) in [5, 5.41) is 3.21. The van der Waals surface area contributed by atoms with Crippen LogP contribution < -0.4 is 10.9 Å². The fourth-order valence-electron chi connectivity index (χ4n) is 2.90. The maximum Gasteiger partial charge on any atom is 0.267 e. The molecule has 1 amide bonds. The molecule has 160 valence electrons. The van der Waals surface area contributed by atoms with Crippen molar-refractivity contribution in [3.05, 3.63) is 45.2 Å². The highest BCUT2D eigenvalue weighted by Gasteiger charge is 2.32. The summed E-state index contributed by atoms with van der Waals surface area (Å²) in [6, 6.07) is 5.35. The van der Waals surface area contributed by atoms with Crippen LogP contribution in [0.3, 0.4) is 0 Å². The third-order valence-electron chi connectivity index (χ3n) is 4.40. The van der Waals surface area contributed by atoms with E-state index >= 15 is 0 Å². The summed E-state index contributed by atoms with van der Waals surface area (Å²) in [6.45, 7) is 4.56. The van der Waals surface area contributed by atoms with Crippen LogP contribution in [0.1, 0.15) is 18.9 Å². The number of rotatable bonds is 10. The molecule has 3 heterocycles. The minimum atomic E-state index is -0.255. The van der Waals surface area contributed by atoms with Gasteiger partial charge in [-0.15, -0.1) is 0 Å². The molecule has 1 aliphatic rings. The number of carbonyl (C=O) groups is 1. The average molecular weight is 449 g/mol. The molecular weight excluding hydrogens is 424 g/mol. The van der Waals surface area contributed by atoms with E-state index in [0.29, 0.717) is 59.2 Å². The standard InChI is InChI=1S/C20H24N4O4S2/c1-3-28-11-6-8-21-17-14(18(25)23-9-5-4-7-16(23)22-17)13-15-19(26)24(10-12-27-2)20(29)30-15/h4-5,7,9,13,21H,3,6,8,10-12H2,1-2H3/b15-13-. The Labute approximate surface area is 184 Å². The second-order valence-corrected chi connectivity index (χ2v) is 8.09. The number of amides is 1. The van der Waals surface area contributed by atoms with Crippen LogP contribution in [0, 0.1) is 0 Å². The molecule has 1 fully saturated rings. The molecule has 0 atom stereocenters. The maximum absolute atomic E-state index is 13.1. The van der Waals surface area contributed by atoms with Crippen LogP contribution >= 0.6 is 24.0 Å². The van der Waals surface area contributed by atoms with Crippen LogP contribution in [0.4, 0.5) is 5.82 Å². The van der Waals surface area contributed by atoms with Crippen LogP contribution in [0.5, 0.6) is 0 Å². The van der Waals surface area contributed by atoms with Gasteiger partial charge in [0.2, 0.25) is 0 Å². The maximum atomic E-state index is 13.1. The van der Waals surface area contributed by atoms with Crippen LogP contribution in [0.2, 0.25) is 0 Å². The van der Waals surface area contributed by atoms with Crippen LogP contribution in [-0.4, -0.2) is 64.5 Å². The third kappa shape index (κ3) is 5.07. The number of thioether (sulfide) groups is 1. The number of carbonyl (C=O) groups excluding carboxylic acids is 1. The molecule has 3 rings (SSSR count). The highest BCUT2D eigenvalue weighted by molar-refractivity contribution is 8.26. The van der Waals surface area contributed by atoms with Gasteiger partial charge in [0.05, 0.1) is 23.6 Å².